The first-order valence-electron chi connectivity index (χ1n) is 18.8. The van der Waals surface area contributed by atoms with Crippen molar-refractivity contribution in [3.63, 3.8) is 0 Å². The van der Waals surface area contributed by atoms with E-state index in [2.05, 4.69) is 0 Å². The molecule has 3 amide bonds. The zero-order chi connectivity index (χ0) is 37.2. The Labute approximate surface area is 301 Å². The van der Waals surface area contributed by atoms with Gasteiger partial charge in [-0.05, 0) is 56.0 Å². The molecule has 0 aromatic heterocycles. The molecule has 4 rings (SSSR count). The number of carboxylic acid groups (broad SMARTS) is 3. The van der Waals surface area contributed by atoms with Crippen molar-refractivity contribution in [2.24, 2.45) is 35.5 Å². The first-order chi connectivity index (χ1) is 24.3. The summed E-state index contributed by atoms with van der Waals surface area (Å²) in [7, 11) is -1.88. The Morgan fingerprint density at radius 2 is 0.745 bits per heavy atom. The number of amides is 3. The van der Waals surface area contributed by atoms with E-state index in [1.165, 1.54) is 0 Å². The summed E-state index contributed by atoms with van der Waals surface area (Å²) in [6, 6.07) is 0. The smallest absolute Gasteiger partial charge is 0.429 e. The van der Waals surface area contributed by atoms with Gasteiger partial charge in [0.25, 0.3) is 0 Å². The Bertz CT molecular complexity index is 1110. The molecule has 3 N–H and O–H groups in total. The molecule has 4 aliphatic heterocycles. The highest BCUT2D eigenvalue weighted by Gasteiger charge is 2.44. The van der Waals surface area contributed by atoms with E-state index in [9.17, 15) is 44.1 Å². The van der Waals surface area contributed by atoms with Crippen molar-refractivity contribution in [2.45, 2.75) is 97.5 Å². The molecule has 282 valence electrons. The first kappa shape index (κ1) is 40.7. The van der Waals surface area contributed by atoms with Crippen LogP contribution >= 0.6 is 0 Å². The van der Waals surface area contributed by atoms with Crippen LogP contribution in [-0.4, -0.2) is 126 Å². The van der Waals surface area contributed by atoms with Gasteiger partial charge >= 0.3 is 39.3 Å². The second-order valence-corrected chi connectivity index (χ2v) is 14.6. The van der Waals surface area contributed by atoms with Crippen LogP contribution in [0.3, 0.4) is 0 Å². The lowest BCUT2D eigenvalue weighted by Gasteiger charge is -2.32. The molecule has 0 spiro atoms. The van der Waals surface area contributed by atoms with Crippen LogP contribution in [0.4, 0.5) is 0 Å². The normalized spacial score (nSPS) is 26.6. The highest BCUT2D eigenvalue weighted by Crippen LogP contribution is 2.33. The second-order valence-electron chi connectivity index (χ2n) is 14.6. The van der Waals surface area contributed by atoms with Gasteiger partial charge in [-0.2, -0.15) is 0 Å². The molecule has 4 fully saturated rings. The molecule has 0 aromatic rings. The Hall–Kier alpha value is -3.11. The average Bonchev–Trinajstić information content (AvgIpc) is 3.85. The molecule has 0 saturated carbocycles. The number of hydrogen-bond donors (Lipinski definition) is 3. The van der Waals surface area contributed by atoms with Gasteiger partial charge in [-0.15, -0.1) is 0 Å². The minimum atomic E-state index is -0.908. The predicted octanol–water partition coefficient (Wildman–Crippen LogP) is 2.56. The standard InChI is InChI=1S/C33H54B3N3O12/c1-4-28(40)37-16-22(25(19-37)31(43)44)10-7-13-34-49-35(14-8-11-23-17-38(29(41)5-2)20-26(23)32(45)46)51-36(50-34)15-9-12-24-18-39(30(42)6-3)21-27(24)33(47)48/h22-27H,4-21H2,1-3H3,(H,43,44)(H,45,46)(H,47,48)/t22?,23?,24?,25-,26?,27?/m1/s1. The third kappa shape index (κ3) is 11.0. The summed E-state index contributed by atoms with van der Waals surface area (Å²) >= 11 is 0. The van der Waals surface area contributed by atoms with Crippen LogP contribution in [-0.2, 0) is 42.5 Å². The molecule has 0 aliphatic carbocycles. The Morgan fingerprint density at radius 3 is 0.961 bits per heavy atom. The summed E-state index contributed by atoms with van der Waals surface area (Å²) in [5.41, 5.74) is 0. The van der Waals surface area contributed by atoms with Crippen molar-refractivity contribution >= 4 is 57.0 Å². The van der Waals surface area contributed by atoms with Gasteiger partial charge in [0, 0.05) is 58.5 Å². The van der Waals surface area contributed by atoms with Crippen LogP contribution in [0.5, 0.6) is 0 Å². The lowest BCUT2D eigenvalue weighted by atomic mass is 9.63. The van der Waals surface area contributed by atoms with Crippen molar-refractivity contribution in [2.75, 3.05) is 39.3 Å². The molecule has 4 saturated heterocycles. The van der Waals surface area contributed by atoms with Crippen LogP contribution in [0, 0.1) is 35.5 Å². The van der Waals surface area contributed by atoms with Crippen LogP contribution in [0.15, 0.2) is 0 Å². The van der Waals surface area contributed by atoms with Crippen LogP contribution in [0.25, 0.3) is 0 Å². The van der Waals surface area contributed by atoms with Crippen LogP contribution in [0.2, 0.25) is 19.0 Å². The van der Waals surface area contributed by atoms with Gasteiger partial charge in [-0.3, -0.25) is 28.8 Å². The molecular formula is C33H54B3N3O12. The number of rotatable bonds is 18. The Morgan fingerprint density at radius 1 is 0.490 bits per heavy atom. The average molecular weight is 717 g/mol. The quantitative estimate of drug-likeness (QED) is 0.175. The zero-order valence-electron chi connectivity index (χ0n) is 30.3. The molecule has 0 radical (unpaired) electrons. The fourth-order valence-corrected chi connectivity index (χ4v) is 8.26. The topological polar surface area (TPSA) is 201 Å². The van der Waals surface area contributed by atoms with Gasteiger partial charge in [-0.1, -0.05) is 40.0 Å². The molecule has 4 aliphatic rings. The van der Waals surface area contributed by atoms with E-state index < -0.39 is 57.0 Å². The second kappa shape index (κ2) is 19.1. The Kier molecular flexibility index (Phi) is 15.2. The van der Waals surface area contributed by atoms with Gasteiger partial charge < -0.3 is 43.7 Å². The summed E-state index contributed by atoms with van der Waals surface area (Å²) in [6.45, 7) is 7.14. The summed E-state index contributed by atoms with van der Waals surface area (Å²) in [6.07, 6.45) is 6.01. The largest absolute Gasteiger partial charge is 0.481 e. The number of carboxylic acids is 3. The fourth-order valence-electron chi connectivity index (χ4n) is 8.26. The maximum Gasteiger partial charge on any atom is 0.429 e. The van der Waals surface area contributed by atoms with Crippen molar-refractivity contribution in [3.05, 3.63) is 0 Å². The number of nitrogens with zero attached hydrogens (tertiary/aromatic N) is 3. The first-order valence-corrected chi connectivity index (χ1v) is 18.8. The maximum absolute atomic E-state index is 12.3. The zero-order valence-corrected chi connectivity index (χ0v) is 30.3. The van der Waals surface area contributed by atoms with E-state index in [-0.39, 0.29) is 55.1 Å². The van der Waals surface area contributed by atoms with Gasteiger partial charge in [0.15, 0.2) is 0 Å². The molecule has 0 bridgehead atoms. The highest BCUT2D eigenvalue weighted by atomic mass is 16.7. The summed E-state index contributed by atoms with van der Waals surface area (Å²) < 4.78 is 18.6. The monoisotopic (exact) mass is 717 g/mol. The van der Waals surface area contributed by atoms with E-state index in [1.54, 1.807) is 35.5 Å². The van der Waals surface area contributed by atoms with Crippen molar-refractivity contribution in [3.8, 4) is 0 Å². The third-order valence-corrected chi connectivity index (χ3v) is 11.2. The van der Waals surface area contributed by atoms with E-state index in [1.807, 2.05) is 0 Å². The SMILES string of the molecule is CCC(=O)N1CC(CCCB2OB(CCCC3CN(C(=O)CC)CC3C(=O)O)OB(CCCC3CN(C(=O)CC)C[C@H]3C(=O)O)O2)C(C(=O)O)C1. The molecule has 51 heavy (non-hydrogen) atoms. The van der Waals surface area contributed by atoms with Gasteiger partial charge in [-0.25, -0.2) is 0 Å². The van der Waals surface area contributed by atoms with Crippen molar-refractivity contribution in [1.82, 2.24) is 14.7 Å². The maximum atomic E-state index is 12.3. The van der Waals surface area contributed by atoms with Crippen molar-refractivity contribution < 1.29 is 57.8 Å². The molecule has 0 aromatic carbocycles. The van der Waals surface area contributed by atoms with Gasteiger partial charge in [0.2, 0.25) is 17.7 Å². The molecule has 15 nitrogen and oxygen atoms in total. The van der Waals surface area contributed by atoms with Gasteiger partial charge in [0.1, 0.15) is 0 Å². The third-order valence-electron chi connectivity index (χ3n) is 11.2. The van der Waals surface area contributed by atoms with E-state index >= 15 is 0 Å². The minimum absolute atomic E-state index is 0.0561. The van der Waals surface area contributed by atoms with E-state index in [0.717, 1.165) is 0 Å². The Balaban J connectivity index is 1.34. The van der Waals surface area contributed by atoms with E-state index in [0.29, 0.717) is 96.4 Å². The molecule has 4 heterocycles. The number of hydrogen-bond acceptors (Lipinski definition) is 9. The lowest BCUT2D eigenvalue weighted by molar-refractivity contribution is -0.144. The number of likely N-dealkylation sites (tertiary alicyclic amines) is 3. The molecule has 6 atom stereocenters. The molecule has 18 heteroatoms. The van der Waals surface area contributed by atoms with E-state index in [4.69, 9.17) is 13.7 Å². The summed E-state index contributed by atoms with van der Waals surface area (Å²) in [5, 5.41) is 29.4. The van der Waals surface area contributed by atoms with Gasteiger partial charge in [0.05, 0.1) is 17.8 Å². The summed E-state index contributed by atoms with van der Waals surface area (Å²) in [5.74, 6) is -5.30. The summed E-state index contributed by atoms with van der Waals surface area (Å²) in [4.78, 5) is 77.6. The number of carbonyl (C=O) groups is 6. The lowest BCUT2D eigenvalue weighted by Crippen LogP contribution is -2.48. The molecule has 5 unspecified atom stereocenters. The minimum Gasteiger partial charge on any atom is -0.481 e. The molecular weight excluding hydrogens is 663 g/mol. The van der Waals surface area contributed by atoms with Crippen LogP contribution < -0.4 is 0 Å². The number of carbonyl (C=O) groups excluding carboxylic acids is 3. The number of aliphatic carboxylic acids is 3. The fraction of sp³-hybridized carbons (Fsp3) is 0.818. The highest BCUT2D eigenvalue weighted by molar-refractivity contribution is 6.73. The van der Waals surface area contributed by atoms with Crippen molar-refractivity contribution in [1.29, 1.82) is 0 Å². The predicted molar refractivity (Wildman–Crippen MR) is 187 cm³/mol. The van der Waals surface area contributed by atoms with Crippen LogP contribution in [0.1, 0.15) is 78.6 Å².